The number of halogens is 1. The van der Waals surface area contributed by atoms with E-state index in [1.54, 1.807) is 0 Å². The SMILES string of the molecule is CCOCCOC(=O)C1=C(C)NC2=C(C(=O)C[C@@H](c3ccc(Cl)cc3)C2)[C@H]1c1ccc(OCC)cc1. The minimum absolute atomic E-state index is 0.0229. The first-order valence-corrected chi connectivity index (χ1v) is 12.8. The van der Waals surface area contributed by atoms with Crippen LogP contribution in [-0.2, 0) is 19.1 Å². The Labute approximate surface area is 217 Å². The van der Waals surface area contributed by atoms with Gasteiger partial charge in [0.05, 0.1) is 18.8 Å². The van der Waals surface area contributed by atoms with Crippen molar-refractivity contribution in [2.45, 2.75) is 45.4 Å². The molecule has 0 saturated carbocycles. The highest BCUT2D eigenvalue weighted by Gasteiger charge is 2.41. The van der Waals surface area contributed by atoms with Crippen molar-refractivity contribution in [2.24, 2.45) is 0 Å². The third kappa shape index (κ3) is 5.66. The summed E-state index contributed by atoms with van der Waals surface area (Å²) in [5.74, 6) is -0.166. The number of carbonyl (C=O) groups is 2. The van der Waals surface area contributed by atoms with Crippen LogP contribution in [0.25, 0.3) is 0 Å². The van der Waals surface area contributed by atoms with E-state index in [9.17, 15) is 9.59 Å². The van der Waals surface area contributed by atoms with Crippen molar-refractivity contribution in [3.05, 3.63) is 87.2 Å². The summed E-state index contributed by atoms with van der Waals surface area (Å²) >= 11 is 6.07. The largest absolute Gasteiger partial charge is 0.494 e. The molecule has 6 nitrogen and oxygen atoms in total. The monoisotopic (exact) mass is 509 g/mol. The van der Waals surface area contributed by atoms with Crippen molar-refractivity contribution in [3.63, 3.8) is 0 Å². The molecule has 2 aromatic carbocycles. The van der Waals surface area contributed by atoms with Crippen LogP contribution in [0.5, 0.6) is 5.75 Å². The normalized spacial score (nSPS) is 19.6. The second kappa shape index (κ2) is 11.8. The van der Waals surface area contributed by atoms with E-state index in [0.29, 0.717) is 54.5 Å². The summed E-state index contributed by atoms with van der Waals surface area (Å²) in [4.78, 5) is 26.9. The lowest BCUT2D eigenvalue weighted by Gasteiger charge is -2.36. The number of allylic oxidation sites excluding steroid dienone is 3. The molecule has 36 heavy (non-hydrogen) atoms. The second-order valence-corrected chi connectivity index (χ2v) is 9.34. The van der Waals surface area contributed by atoms with Crippen LogP contribution in [0.1, 0.15) is 56.6 Å². The van der Waals surface area contributed by atoms with Gasteiger partial charge in [0, 0.05) is 40.9 Å². The molecule has 0 amide bonds. The summed E-state index contributed by atoms with van der Waals surface area (Å²) in [5, 5.41) is 4.04. The fraction of sp³-hybridized carbons (Fsp3) is 0.379. The molecule has 0 aromatic heterocycles. The van der Waals surface area contributed by atoms with E-state index in [0.717, 1.165) is 22.6 Å². The van der Waals surface area contributed by atoms with Gasteiger partial charge >= 0.3 is 5.97 Å². The maximum Gasteiger partial charge on any atom is 0.336 e. The topological polar surface area (TPSA) is 73.9 Å². The second-order valence-electron chi connectivity index (χ2n) is 8.90. The summed E-state index contributed by atoms with van der Waals surface area (Å²) in [7, 11) is 0. The smallest absolute Gasteiger partial charge is 0.336 e. The van der Waals surface area contributed by atoms with Crippen LogP contribution in [0.15, 0.2) is 71.1 Å². The van der Waals surface area contributed by atoms with Gasteiger partial charge in [0.25, 0.3) is 0 Å². The maximum atomic E-state index is 13.7. The van der Waals surface area contributed by atoms with Crippen LogP contribution in [0.3, 0.4) is 0 Å². The molecule has 1 N–H and O–H groups in total. The molecule has 190 valence electrons. The van der Waals surface area contributed by atoms with E-state index < -0.39 is 11.9 Å². The molecule has 1 aliphatic carbocycles. The van der Waals surface area contributed by atoms with Gasteiger partial charge < -0.3 is 19.5 Å². The van der Waals surface area contributed by atoms with Gasteiger partial charge in [0.1, 0.15) is 12.4 Å². The van der Waals surface area contributed by atoms with Crippen molar-refractivity contribution < 1.29 is 23.8 Å². The van der Waals surface area contributed by atoms with Crippen LogP contribution in [0, 0.1) is 0 Å². The van der Waals surface area contributed by atoms with Gasteiger partial charge in [0.15, 0.2) is 5.78 Å². The molecular weight excluding hydrogens is 478 g/mol. The first-order valence-electron chi connectivity index (χ1n) is 12.4. The van der Waals surface area contributed by atoms with Crippen LogP contribution in [0.2, 0.25) is 5.02 Å². The van der Waals surface area contributed by atoms with Gasteiger partial charge in [-0.05, 0) is 68.5 Å². The molecule has 0 bridgehead atoms. The summed E-state index contributed by atoms with van der Waals surface area (Å²) in [6, 6.07) is 15.2. The van der Waals surface area contributed by atoms with Gasteiger partial charge in [0.2, 0.25) is 0 Å². The minimum Gasteiger partial charge on any atom is -0.494 e. The fourth-order valence-electron chi connectivity index (χ4n) is 4.95. The minimum atomic E-state index is -0.518. The zero-order valence-corrected chi connectivity index (χ0v) is 21.7. The summed E-state index contributed by atoms with van der Waals surface area (Å²) < 4.78 is 16.5. The van der Waals surface area contributed by atoms with Gasteiger partial charge in [-0.1, -0.05) is 35.9 Å². The number of ketones is 1. The number of benzene rings is 2. The van der Waals surface area contributed by atoms with Crippen molar-refractivity contribution in [1.82, 2.24) is 5.32 Å². The number of nitrogens with one attached hydrogen (secondary N) is 1. The summed E-state index contributed by atoms with van der Waals surface area (Å²) in [6.45, 7) is 7.27. The Morgan fingerprint density at radius 3 is 2.33 bits per heavy atom. The number of carbonyl (C=O) groups excluding carboxylic acids is 2. The zero-order chi connectivity index (χ0) is 25.7. The Kier molecular flexibility index (Phi) is 8.49. The van der Waals surface area contributed by atoms with Crippen molar-refractivity contribution in [3.8, 4) is 5.75 Å². The lowest BCUT2D eigenvalue weighted by Crippen LogP contribution is -2.36. The molecular formula is C29H32ClNO5. The maximum absolute atomic E-state index is 13.7. The van der Waals surface area contributed by atoms with E-state index >= 15 is 0 Å². The molecule has 7 heteroatoms. The van der Waals surface area contributed by atoms with Crippen molar-refractivity contribution in [1.29, 1.82) is 0 Å². The average molecular weight is 510 g/mol. The molecule has 0 unspecified atom stereocenters. The lowest BCUT2D eigenvalue weighted by atomic mass is 9.72. The van der Waals surface area contributed by atoms with E-state index in [4.69, 9.17) is 25.8 Å². The van der Waals surface area contributed by atoms with Gasteiger partial charge in [-0.15, -0.1) is 0 Å². The van der Waals surface area contributed by atoms with E-state index in [-0.39, 0.29) is 18.3 Å². The summed E-state index contributed by atoms with van der Waals surface area (Å²) in [5.41, 5.74) is 4.55. The van der Waals surface area contributed by atoms with Gasteiger partial charge in [-0.2, -0.15) is 0 Å². The zero-order valence-electron chi connectivity index (χ0n) is 20.9. The first-order chi connectivity index (χ1) is 17.4. The van der Waals surface area contributed by atoms with E-state index in [1.165, 1.54) is 0 Å². The van der Waals surface area contributed by atoms with Crippen LogP contribution < -0.4 is 10.1 Å². The quantitative estimate of drug-likeness (QED) is 0.346. The highest BCUT2D eigenvalue weighted by Crippen LogP contribution is 2.46. The highest BCUT2D eigenvalue weighted by molar-refractivity contribution is 6.30. The number of esters is 1. The van der Waals surface area contributed by atoms with Crippen molar-refractivity contribution >= 4 is 23.4 Å². The molecule has 0 saturated heterocycles. The van der Waals surface area contributed by atoms with Crippen LogP contribution in [0.4, 0.5) is 0 Å². The molecule has 0 fully saturated rings. The van der Waals surface area contributed by atoms with Crippen LogP contribution in [-0.4, -0.2) is 38.2 Å². The Morgan fingerprint density at radius 2 is 1.67 bits per heavy atom. The number of rotatable bonds is 9. The number of hydrogen-bond donors (Lipinski definition) is 1. The average Bonchev–Trinajstić information content (AvgIpc) is 2.86. The highest BCUT2D eigenvalue weighted by atomic mass is 35.5. The van der Waals surface area contributed by atoms with E-state index in [1.807, 2.05) is 69.3 Å². The molecule has 1 aliphatic heterocycles. The number of ether oxygens (including phenoxy) is 3. The predicted octanol–water partition coefficient (Wildman–Crippen LogP) is 5.68. The number of hydrogen-bond acceptors (Lipinski definition) is 6. The first kappa shape index (κ1) is 26.0. The molecule has 0 radical (unpaired) electrons. The van der Waals surface area contributed by atoms with Crippen molar-refractivity contribution in [2.75, 3.05) is 26.4 Å². The molecule has 2 aliphatic rings. The van der Waals surface area contributed by atoms with E-state index in [2.05, 4.69) is 5.32 Å². The Morgan fingerprint density at radius 1 is 0.972 bits per heavy atom. The third-order valence-electron chi connectivity index (χ3n) is 6.58. The molecule has 1 heterocycles. The molecule has 2 atom stereocenters. The lowest BCUT2D eigenvalue weighted by molar-refractivity contribution is -0.140. The molecule has 0 spiro atoms. The predicted molar refractivity (Wildman–Crippen MR) is 139 cm³/mol. The molecule has 4 rings (SSSR count). The summed E-state index contributed by atoms with van der Waals surface area (Å²) in [6.07, 6.45) is 1.03. The molecule has 2 aromatic rings. The van der Waals surface area contributed by atoms with Crippen LogP contribution >= 0.6 is 11.6 Å². The Bertz CT molecular complexity index is 1170. The standard InChI is InChI=1S/C29H32ClNO5/c1-4-34-14-15-36-29(33)26-18(3)31-24-16-21(19-6-10-22(30)11-7-19)17-25(32)28(24)27(26)20-8-12-23(13-9-20)35-5-2/h6-13,21,27,31H,4-5,14-17H2,1-3H3/t21-,27-/m0/s1. The third-order valence-corrected chi connectivity index (χ3v) is 6.83. The Balaban J connectivity index is 1.70. The van der Waals surface area contributed by atoms with Gasteiger partial charge in [-0.3, -0.25) is 4.79 Å². The van der Waals surface area contributed by atoms with Gasteiger partial charge in [-0.25, -0.2) is 4.79 Å². The fourth-order valence-corrected chi connectivity index (χ4v) is 5.08. The number of Topliss-reactive ketones (excluding diaryl/α,β-unsaturated/α-hetero) is 1. The number of dihydropyridines is 1. The Hall–Kier alpha value is -3.09.